The summed E-state index contributed by atoms with van der Waals surface area (Å²) in [6, 6.07) is 5.28. The van der Waals surface area contributed by atoms with Crippen LogP contribution in [-0.4, -0.2) is 28.3 Å². The molecule has 112 valence electrons. The van der Waals surface area contributed by atoms with Crippen molar-refractivity contribution in [3.63, 3.8) is 0 Å². The number of carbonyl (C=O) groups is 1. The molecular weight excluding hydrogens is 325 g/mol. The third-order valence-corrected chi connectivity index (χ3v) is 3.82. The SMILES string of the molecule is O=C(NC1=NN(c2ccc(Cl)c(Cl)c2)CC1)c1cncnc1. The summed E-state index contributed by atoms with van der Waals surface area (Å²) in [5.41, 5.74) is 1.21. The van der Waals surface area contributed by atoms with Crippen molar-refractivity contribution in [2.75, 3.05) is 11.6 Å². The highest BCUT2D eigenvalue weighted by Gasteiger charge is 2.19. The summed E-state index contributed by atoms with van der Waals surface area (Å²) in [6.45, 7) is 0.652. The lowest BCUT2D eigenvalue weighted by Gasteiger charge is -2.13. The molecule has 8 heteroatoms. The lowest BCUT2D eigenvalue weighted by atomic mass is 10.3. The molecular formula is C14H11Cl2N5O. The van der Waals surface area contributed by atoms with E-state index in [9.17, 15) is 4.79 Å². The zero-order valence-corrected chi connectivity index (χ0v) is 12.8. The highest BCUT2D eigenvalue weighted by molar-refractivity contribution is 6.42. The standard InChI is InChI=1S/C14H11Cl2N5O/c15-11-2-1-10(5-12(11)16)21-4-3-13(20-21)19-14(22)9-6-17-8-18-7-9/h1-2,5-8H,3-4H2,(H,19,20,22). The minimum Gasteiger partial charge on any atom is -0.308 e. The third-order valence-electron chi connectivity index (χ3n) is 3.08. The topological polar surface area (TPSA) is 70.5 Å². The van der Waals surface area contributed by atoms with Crippen molar-refractivity contribution in [1.29, 1.82) is 0 Å². The molecule has 1 amide bonds. The summed E-state index contributed by atoms with van der Waals surface area (Å²) < 4.78 is 0. The fourth-order valence-electron chi connectivity index (χ4n) is 2.00. The fourth-order valence-corrected chi connectivity index (χ4v) is 2.29. The van der Waals surface area contributed by atoms with Crippen molar-refractivity contribution >= 4 is 40.6 Å². The van der Waals surface area contributed by atoms with Crippen LogP contribution in [0.5, 0.6) is 0 Å². The lowest BCUT2D eigenvalue weighted by Crippen LogP contribution is -2.29. The van der Waals surface area contributed by atoms with E-state index in [0.29, 0.717) is 34.4 Å². The molecule has 0 fully saturated rings. The average molecular weight is 336 g/mol. The molecule has 0 bridgehead atoms. The quantitative estimate of drug-likeness (QED) is 0.915. The molecule has 0 spiro atoms. The zero-order chi connectivity index (χ0) is 15.5. The van der Waals surface area contributed by atoms with Gasteiger partial charge in [-0.2, -0.15) is 5.10 Å². The summed E-state index contributed by atoms with van der Waals surface area (Å²) in [7, 11) is 0. The van der Waals surface area contributed by atoms with Crippen LogP contribution in [-0.2, 0) is 0 Å². The first-order chi connectivity index (χ1) is 10.6. The van der Waals surface area contributed by atoms with E-state index in [1.807, 2.05) is 6.07 Å². The van der Waals surface area contributed by atoms with Gasteiger partial charge in [0.25, 0.3) is 5.91 Å². The maximum absolute atomic E-state index is 12.0. The van der Waals surface area contributed by atoms with Gasteiger partial charge in [-0.25, -0.2) is 9.97 Å². The molecule has 6 nitrogen and oxygen atoms in total. The largest absolute Gasteiger partial charge is 0.308 e. The maximum Gasteiger partial charge on any atom is 0.259 e. The van der Waals surface area contributed by atoms with E-state index >= 15 is 0 Å². The predicted molar refractivity (Wildman–Crippen MR) is 85.4 cm³/mol. The molecule has 0 atom stereocenters. The molecule has 1 aliphatic heterocycles. The van der Waals surface area contributed by atoms with Crippen molar-refractivity contribution in [1.82, 2.24) is 15.3 Å². The number of nitrogens with one attached hydrogen (secondary N) is 1. The van der Waals surface area contributed by atoms with Crippen LogP contribution in [0.25, 0.3) is 0 Å². The predicted octanol–water partition coefficient (Wildman–Crippen LogP) is 2.74. The first kappa shape index (κ1) is 14.7. The van der Waals surface area contributed by atoms with Gasteiger partial charge in [0.2, 0.25) is 0 Å². The number of hydrogen-bond acceptors (Lipinski definition) is 5. The summed E-state index contributed by atoms with van der Waals surface area (Å²) >= 11 is 11.9. The van der Waals surface area contributed by atoms with Gasteiger partial charge in [0.1, 0.15) is 12.2 Å². The van der Waals surface area contributed by atoms with Crippen LogP contribution in [0.1, 0.15) is 16.8 Å². The monoisotopic (exact) mass is 335 g/mol. The van der Waals surface area contributed by atoms with Crippen molar-refractivity contribution in [2.45, 2.75) is 6.42 Å². The van der Waals surface area contributed by atoms with Crippen LogP contribution in [0, 0.1) is 0 Å². The van der Waals surface area contributed by atoms with Gasteiger partial charge in [-0.05, 0) is 18.2 Å². The van der Waals surface area contributed by atoms with Gasteiger partial charge in [0, 0.05) is 25.4 Å². The number of halogens is 2. The maximum atomic E-state index is 12.0. The number of rotatable bonds is 2. The first-order valence-corrected chi connectivity index (χ1v) is 7.25. The molecule has 0 radical (unpaired) electrons. The Balaban J connectivity index is 1.72. The van der Waals surface area contributed by atoms with Crippen LogP contribution in [0.2, 0.25) is 10.0 Å². The number of aromatic nitrogens is 2. The third kappa shape index (κ3) is 3.18. The molecule has 0 aliphatic carbocycles. The van der Waals surface area contributed by atoms with E-state index < -0.39 is 0 Å². The van der Waals surface area contributed by atoms with Gasteiger partial charge in [-0.3, -0.25) is 9.80 Å². The van der Waals surface area contributed by atoms with Crippen molar-refractivity contribution in [3.8, 4) is 0 Å². The minimum absolute atomic E-state index is 0.282. The zero-order valence-electron chi connectivity index (χ0n) is 11.3. The molecule has 1 aromatic carbocycles. The number of anilines is 1. The normalized spacial score (nSPS) is 13.9. The number of benzene rings is 1. The molecule has 1 aliphatic rings. The Morgan fingerprint density at radius 1 is 1.18 bits per heavy atom. The lowest BCUT2D eigenvalue weighted by molar-refractivity contribution is 0.0976. The Morgan fingerprint density at radius 3 is 2.68 bits per heavy atom. The molecule has 0 saturated heterocycles. The Hall–Kier alpha value is -2.18. The van der Waals surface area contributed by atoms with Crippen molar-refractivity contribution in [2.24, 2.45) is 5.10 Å². The van der Waals surface area contributed by atoms with Crippen molar-refractivity contribution < 1.29 is 4.79 Å². The number of amides is 1. The van der Waals surface area contributed by atoms with E-state index in [0.717, 1.165) is 5.69 Å². The van der Waals surface area contributed by atoms with E-state index in [1.165, 1.54) is 18.7 Å². The average Bonchev–Trinajstić information content (AvgIpc) is 2.99. The Bertz CT molecular complexity index is 735. The second kappa shape index (κ2) is 6.29. The second-order valence-electron chi connectivity index (χ2n) is 4.60. The smallest absolute Gasteiger partial charge is 0.259 e. The fraction of sp³-hybridized carbons (Fsp3) is 0.143. The number of carbonyl (C=O) groups excluding carboxylic acids is 1. The van der Waals surface area contributed by atoms with Crippen LogP contribution in [0.15, 0.2) is 42.0 Å². The van der Waals surface area contributed by atoms with Crippen molar-refractivity contribution in [3.05, 3.63) is 52.5 Å². The molecule has 1 aromatic heterocycles. The van der Waals surface area contributed by atoms with Crippen LogP contribution < -0.4 is 10.3 Å². The Kier molecular flexibility index (Phi) is 4.22. The molecule has 1 N–H and O–H groups in total. The van der Waals surface area contributed by atoms with Gasteiger partial charge in [-0.1, -0.05) is 23.2 Å². The molecule has 0 unspecified atom stereocenters. The van der Waals surface area contributed by atoms with Gasteiger partial charge >= 0.3 is 0 Å². The van der Waals surface area contributed by atoms with Crippen LogP contribution in [0.3, 0.4) is 0 Å². The molecule has 3 rings (SSSR count). The number of nitrogens with zero attached hydrogens (tertiary/aromatic N) is 4. The Labute approximate surface area is 136 Å². The Morgan fingerprint density at radius 2 is 1.95 bits per heavy atom. The minimum atomic E-state index is -0.282. The van der Waals surface area contributed by atoms with Gasteiger partial charge in [0.05, 0.1) is 21.3 Å². The number of amidine groups is 1. The molecule has 22 heavy (non-hydrogen) atoms. The van der Waals surface area contributed by atoms with E-state index in [4.69, 9.17) is 23.2 Å². The van der Waals surface area contributed by atoms with Gasteiger partial charge in [-0.15, -0.1) is 0 Å². The molecule has 2 heterocycles. The van der Waals surface area contributed by atoms with Crippen LogP contribution >= 0.6 is 23.2 Å². The molecule has 2 aromatic rings. The van der Waals surface area contributed by atoms with E-state index in [1.54, 1.807) is 17.1 Å². The summed E-state index contributed by atoms with van der Waals surface area (Å²) in [4.78, 5) is 19.6. The highest BCUT2D eigenvalue weighted by Crippen LogP contribution is 2.28. The van der Waals surface area contributed by atoms with E-state index in [2.05, 4.69) is 20.4 Å². The highest BCUT2D eigenvalue weighted by atomic mass is 35.5. The number of hydrogen-bond donors (Lipinski definition) is 1. The number of hydrazone groups is 1. The summed E-state index contributed by atoms with van der Waals surface area (Å²) in [5.74, 6) is 0.301. The van der Waals surface area contributed by atoms with E-state index in [-0.39, 0.29) is 5.91 Å². The van der Waals surface area contributed by atoms with Crippen LogP contribution in [0.4, 0.5) is 5.69 Å². The second-order valence-corrected chi connectivity index (χ2v) is 5.41. The van der Waals surface area contributed by atoms with Gasteiger partial charge < -0.3 is 5.32 Å². The summed E-state index contributed by atoms with van der Waals surface area (Å²) in [6.07, 6.45) is 4.90. The van der Waals surface area contributed by atoms with Gasteiger partial charge in [0.15, 0.2) is 0 Å². The molecule has 0 saturated carbocycles. The first-order valence-electron chi connectivity index (χ1n) is 6.50. The summed E-state index contributed by atoms with van der Waals surface area (Å²) in [5, 5.41) is 9.84.